The Bertz CT molecular complexity index is 908. The lowest BCUT2D eigenvalue weighted by atomic mass is 10.1. The van der Waals surface area contributed by atoms with Crippen molar-refractivity contribution in [3.05, 3.63) is 41.0 Å². The van der Waals surface area contributed by atoms with E-state index in [0.29, 0.717) is 27.9 Å². The van der Waals surface area contributed by atoms with E-state index in [1.807, 2.05) is 0 Å². The van der Waals surface area contributed by atoms with Crippen molar-refractivity contribution in [3.8, 4) is 0 Å². The molecule has 0 radical (unpaired) electrons. The zero-order chi connectivity index (χ0) is 15.4. The first-order chi connectivity index (χ1) is 10.6. The van der Waals surface area contributed by atoms with Crippen molar-refractivity contribution < 1.29 is 13.7 Å². The minimum Gasteiger partial charge on any atom is -0.382 e. The SMILES string of the molecule is Cc1noc(C2CC2)c1C(=O)n1nc(N)c2cc(F)ccc21. The molecule has 112 valence electrons. The Morgan fingerprint density at radius 3 is 2.95 bits per heavy atom. The fourth-order valence-corrected chi connectivity index (χ4v) is 2.65. The number of hydrogen-bond acceptors (Lipinski definition) is 5. The molecule has 6 nitrogen and oxygen atoms in total. The summed E-state index contributed by atoms with van der Waals surface area (Å²) >= 11 is 0. The Hall–Kier alpha value is -2.70. The predicted octanol–water partition coefficient (Wildman–Crippen LogP) is 2.62. The molecule has 0 amide bonds. The normalized spacial score (nSPS) is 14.6. The topological polar surface area (TPSA) is 86.9 Å². The smallest absolute Gasteiger partial charge is 0.284 e. The van der Waals surface area contributed by atoms with Gasteiger partial charge in [-0.15, -0.1) is 5.10 Å². The summed E-state index contributed by atoms with van der Waals surface area (Å²) in [6.07, 6.45) is 1.98. The molecule has 0 spiro atoms. The number of rotatable bonds is 2. The number of aryl methyl sites for hydroxylation is 1. The van der Waals surface area contributed by atoms with Gasteiger partial charge in [-0.25, -0.2) is 4.39 Å². The first-order valence-electron chi connectivity index (χ1n) is 7.01. The second-order valence-corrected chi connectivity index (χ2v) is 5.55. The van der Waals surface area contributed by atoms with E-state index in [0.717, 1.165) is 12.8 Å². The number of hydrogen-bond donors (Lipinski definition) is 1. The summed E-state index contributed by atoms with van der Waals surface area (Å²) in [4.78, 5) is 12.8. The Labute approximate surface area is 124 Å². The molecule has 0 aliphatic heterocycles. The highest BCUT2D eigenvalue weighted by Gasteiger charge is 2.35. The van der Waals surface area contributed by atoms with Gasteiger partial charge in [0.2, 0.25) is 0 Å². The van der Waals surface area contributed by atoms with Gasteiger partial charge < -0.3 is 10.3 Å². The van der Waals surface area contributed by atoms with E-state index in [2.05, 4.69) is 10.3 Å². The third-order valence-corrected chi connectivity index (χ3v) is 3.91. The number of carbonyl (C=O) groups is 1. The lowest BCUT2D eigenvalue weighted by Gasteiger charge is -2.02. The molecule has 3 aromatic rings. The molecule has 0 atom stereocenters. The van der Waals surface area contributed by atoms with E-state index >= 15 is 0 Å². The number of fused-ring (bicyclic) bond motifs is 1. The summed E-state index contributed by atoms with van der Waals surface area (Å²) in [5.74, 6) is 0.188. The highest BCUT2D eigenvalue weighted by Crippen LogP contribution is 2.42. The number of carbonyl (C=O) groups excluding carboxylic acids is 1. The van der Waals surface area contributed by atoms with E-state index < -0.39 is 5.82 Å². The van der Waals surface area contributed by atoms with Gasteiger partial charge in [-0.3, -0.25) is 4.79 Å². The molecule has 22 heavy (non-hydrogen) atoms. The van der Waals surface area contributed by atoms with Gasteiger partial charge in [-0.2, -0.15) is 4.68 Å². The van der Waals surface area contributed by atoms with Crippen molar-refractivity contribution in [1.29, 1.82) is 0 Å². The zero-order valence-corrected chi connectivity index (χ0v) is 11.8. The summed E-state index contributed by atoms with van der Waals surface area (Å²) in [5, 5.41) is 8.37. The van der Waals surface area contributed by atoms with Crippen LogP contribution in [0.5, 0.6) is 0 Å². The molecule has 1 saturated carbocycles. The molecule has 2 N–H and O–H groups in total. The number of benzene rings is 1. The zero-order valence-electron chi connectivity index (χ0n) is 11.8. The number of aromatic nitrogens is 3. The van der Waals surface area contributed by atoms with Crippen LogP contribution in [0.15, 0.2) is 22.7 Å². The van der Waals surface area contributed by atoms with Crippen molar-refractivity contribution in [2.75, 3.05) is 5.73 Å². The van der Waals surface area contributed by atoms with Crippen LogP contribution in [0.25, 0.3) is 10.9 Å². The van der Waals surface area contributed by atoms with Crippen LogP contribution in [0.2, 0.25) is 0 Å². The fraction of sp³-hybridized carbons (Fsp3) is 0.267. The monoisotopic (exact) mass is 300 g/mol. The number of anilines is 1. The largest absolute Gasteiger partial charge is 0.382 e. The van der Waals surface area contributed by atoms with Crippen molar-refractivity contribution in [1.82, 2.24) is 14.9 Å². The summed E-state index contributed by atoms with van der Waals surface area (Å²) in [6.45, 7) is 1.72. The summed E-state index contributed by atoms with van der Waals surface area (Å²) in [7, 11) is 0. The molecule has 1 aromatic carbocycles. The first kappa shape index (κ1) is 13.0. The van der Waals surface area contributed by atoms with Gasteiger partial charge in [0.1, 0.15) is 11.4 Å². The van der Waals surface area contributed by atoms with E-state index in [1.165, 1.54) is 22.9 Å². The molecular formula is C15H13FN4O2. The summed E-state index contributed by atoms with van der Waals surface area (Å²) in [5.41, 5.74) is 7.21. The lowest BCUT2D eigenvalue weighted by molar-refractivity contribution is 0.0948. The van der Waals surface area contributed by atoms with E-state index in [9.17, 15) is 9.18 Å². The van der Waals surface area contributed by atoms with Crippen molar-refractivity contribution in [2.45, 2.75) is 25.7 Å². The second-order valence-electron chi connectivity index (χ2n) is 5.55. The van der Waals surface area contributed by atoms with Gasteiger partial charge in [0.15, 0.2) is 11.6 Å². The third-order valence-electron chi connectivity index (χ3n) is 3.91. The Balaban J connectivity index is 1.89. The van der Waals surface area contributed by atoms with Crippen LogP contribution in [0, 0.1) is 12.7 Å². The first-order valence-corrected chi connectivity index (χ1v) is 7.01. The molecule has 2 aromatic heterocycles. The van der Waals surface area contributed by atoms with E-state index in [-0.39, 0.29) is 17.6 Å². The summed E-state index contributed by atoms with van der Waals surface area (Å²) in [6, 6.07) is 4.03. The number of nitrogens with two attached hydrogens (primary N) is 1. The Morgan fingerprint density at radius 1 is 1.45 bits per heavy atom. The highest BCUT2D eigenvalue weighted by atomic mass is 19.1. The van der Waals surface area contributed by atoms with E-state index in [4.69, 9.17) is 10.3 Å². The third kappa shape index (κ3) is 1.82. The quantitative estimate of drug-likeness (QED) is 0.786. The van der Waals surface area contributed by atoms with E-state index in [1.54, 1.807) is 6.92 Å². The van der Waals surface area contributed by atoms with Crippen LogP contribution in [-0.4, -0.2) is 20.8 Å². The Morgan fingerprint density at radius 2 is 2.23 bits per heavy atom. The molecule has 7 heteroatoms. The van der Waals surface area contributed by atoms with Crippen molar-refractivity contribution >= 4 is 22.6 Å². The molecule has 1 aliphatic carbocycles. The van der Waals surface area contributed by atoms with Crippen LogP contribution in [0.3, 0.4) is 0 Å². The van der Waals surface area contributed by atoms with Gasteiger partial charge in [0.05, 0.1) is 11.2 Å². The maximum absolute atomic E-state index is 13.3. The number of nitrogen functional groups attached to an aromatic ring is 1. The van der Waals surface area contributed by atoms with Crippen LogP contribution in [0.4, 0.5) is 10.2 Å². The second kappa shape index (κ2) is 4.40. The number of nitrogens with zero attached hydrogens (tertiary/aromatic N) is 3. The highest BCUT2D eigenvalue weighted by molar-refractivity contribution is 6.04. The molecule has 0 saturated heterocycles. The van der Waals surface area contributed by atoms with Crippen LogP contribution >= 0.6 is 0 Å². The van der Waals surface area contributed by atoms with Gasteiger partial charge in [-0.1, -0.05) is 5.16 Å². The average molecular weight is 300 g/mol. The molecule has 4 rings (SSSR count). The van der Waals surface area contributed by atoms with Gasteiger partial charge in [0, 0.05) is 11.3 Å². The molecule has 2 heterocycles. The van der Waals surface area contributed by atoms with Gasteiger partial charge in [0.25, 0.3) is 5.91 Å². The van der Waals surface area contributed by atoms with Crippen LogP contribution in [0.1, 0.15) is 40.6 Å². The number of halogens is 1. The summed E-state index contributed by atoms with van der Waals surface area (Å²) < 4.78 is 19.8. The van der Waals surface area contributed by atoms with Gasteiger partial charge in [-0.05, 0) is 38.0 Å². The standard InChI is InChI=1S/C15H13FN4O2/c1-7-12(13(22-19-7)8-2-3-8)15(21)20-11-5-4-9(16)6-10(11)14(17)18-20/h4-6,8H,2-3H2,1H3,(H2,17,18). The molecule has 1 fully saturated rings. The molecule has 1 aliphatic rings. The molecule has 0 bridgehead atoms. The minimum atomic E-state index is -0.425. The Kier molecular flexibility index (Phi) is 2.60. The van der Waals surface area contributed by atoms with Crippen LogP contribution in [-0.2, 0) is 0 Å². The minimum absolute atomic E-state index is 0.116. The van der Waals surface area contributed by atoms with Crippen LogP contribution < -0.4 is 5.73 Å². The fourth-order valence-electron chi connectivity index (χ4n) is 2.65. The molecule has 0 unspecified atom stereocenters. The maximum Gasteiger partial charge on any atom is 0.284 e. The maximum atomic E-state index is 13.3. The average Bonchev–Trinajstić information content (AvgIpc) is 3.19. The van der Waals surface area contributed by atoms with Gasteiger partial charge >= 0.3 is 0 Å². The van der Waals surface area contributed by atoms with Crippen molar-refractivity contribution in [3.63, 3.8) is 0 Å². The van der Waals surface area contributed by atoms with Crippen molar-refractivity contribution in [2.24, 2.45) is 0 Å². The molecular weight excluding hydrogens is 287 g/mol. The predicted molar refractivity (Wildman–Crippen MR) is 77.0 cm³/mol. The lowest BCUT2D eigenvalue weighted by Crippen LogP contribution is -2.16.